The molecule has 1 heterocycles. The monoisotopic (exact) mass is 613 g/mol. The van der Waals surface area contributed by atoms with E-state index in [1.807, 2.05) is 6.07 Å². The molecule has 0 fully saturated rings. The van der Waals surface area contributed by atoms with Crippen LogP contribution in [0.15, 0.2) is 192 Å². The number of fused-ring (bicyclic) bond motifs is 4. The Kier molecular flexibility index (Phi) is 6.84. The molecule has 0 spiro atoms. The van der Waals surface area contributed by atoms with Crippen molar-refractivity contribution in [3.05, 3.63) is 188 Å². The van der Waals surface area contributed by atoms with Crippen LogP contribution in [0.1, 0.15) is 0 Å². The first-order valence-electron chi connectivity index (χ1n) is 16.3. The first kappa shape index (κ1) is 27.9. The Morgan fingerprint density at radius 2 is 0.792 bits per heavy atom. The summed E-state index contributed by atoms with van der Waals surface area (Å²) < 4.78 is 6.70. The number of nitrogens with zero attached hydrogens (tertiary/aromatic N) is 1. The van der Waals surface area contributed by atoms with E-state index in [9.17, 15) is 0 Å². The van der Waals surface area contributed by atoms with Gasteiger partial charge in [0.1, 0.15) is 11.2 Å². The lowest BCUT2D eigenvalue weighted by Gasteiger charge is -2.26. The van der Waals surface area contributed by atoms with Crippen molar-refractivity contribution < 1.29 is 4.42 Å². The molecule has 2 nitrogen and oxygen atoms in total. The van der Waals surface area contributed by atoms with Crippen LogP contribution in [-0.2, 0) is 0 Å². The standard InChI is InChI=1S/C46H31NO/c1-3-12-34(13-4-1)41-17-9-19-43-44-20-10-18-42(46(44)48-45(41)43)35-25-29-40(30-26-35)47(38-15-5-2-6-16-38)39-27-23-33(24-28-39)37-22-21-32-11-7-8-14-36(32)31-37/h1-31H. The van der Waals surface area contributed by atoms with Crippen LogP contribution in [0.3, 0.4) is 0 Å². The van der Waals surface area contributed by atoms with Gasteiger partial charge in [-0.25, -0.2) is 0 Å². The Bertz CT molecular complexity index is 2530. The van der Waals surface area contributed by atoms with Crippen molar-refractivity contribution in [2.24, 2.45) is 0 Å². The van der Waals surface area contributed by atoms with E-state index in [0.29, 0.717) is 0 Å². The summed E-state index contributed by atoms with van der Waals surface area (Å²) in [7, 11) is 0. The summed E-state index contributed by atoms with van der Waals surface area (Å²) in [5, 5.41) is 4.76. The zero-order valence-corrected chi connectivity index (χ0v) is 26.3. The Hall–Kier alpha value is -6.38. The summed E-state index contributed by atoms with van der Waals surface area (Å²) in [5.41, 5.74) is 12.0. The highest BCUT2D eigenvalue weighted by atomic mass is 16.3. The summed E-state index contributed by atoms with van der Waals surface area (Å²) in [6.07, 6.45) is 0. The van der Waals surface area contributed by atoms with Gasteiger partial charge >= 0.3 is 0 Å². The molecule has 0 aliphatic rings. The number of para-hydroxylation sites is 3. The maximum atomic E-state index is 6.70. The number of hydrogen-bond acceptors (Lipinski definition) is 2. The predicted molar refractivity (Wildman–Crippen MR) is 202 cm³/mol. The zero-order valence-electron chi connectivity index (χ0n) is 26.3. The van der Waals surface area contributed by atoms with E-state index in [4.69, 9.17) is 4.42 Å². The van der Waals surface area contributed by atoms with Gasteiger partial charge < -0.3 is 9.32 Å². The van der Waals surface area contributed by atoms with Crippen molar-refractivity contribution in [3.8, 4) is 33.4 Å². The lowest BCUT2D eigenvalue weighted by molar-refractivity contribution is 0.671. The Balaban J connectivity index is 1.09. The van der Waals surface area contributed by atoms with Crippen LogP contribution >= 0.6 is 0 Å². The molecule has 1 aromatic heterocycles. The average Bonchev–Trinajstić information content (AvgIpc) is 3.55. The van der Waals surface area contributed by atoms with Crippen LogP contribution in [0.5, 0.6) is 0 Å². The van der Waals surface area contributed by atoms with Gasteiger partial charge in [-0.15, -0.1) is 0 Å². The SMILES string of the molecule is c1ccc(-c2cccc3c2oc2c(-c4ccc(N(c5ccccc5)c5ccc(-c6ccc7ccccc7c6)cc5)cc4)cccc23)cc1. The van der Waals surface area contributed by atoms with Crippen molar-refractivity contribution in [1.29, 1.82) is 0 Å². The van der Waals surface area contributed by atoms with Crippen molar-refractivity contribution in [1.82, 2.24) is 0 Å². The molecule has 9 aromatic rings. The van der Waals surface area contributed by atoms with Gasteiger partial charge in [0, 0.05) is 39.0 Å². The molecule has 0 radical (unpaired) electrons. The summed E-state index contributed by atoms with van der Waals surface area (Å²) in [4.78, 5) is 2.31. The van der Waals surface area contributed by atoms with Crippen molar-refractivity contribution in [2.45, 2.75) is 0 Å². The highest BCUT2D eigenvalue weighted by Crippen LogP contribution is 2.41. The Morgan fingerprint density at radius 3 is 1.42 bits per heavy atom. The van der Waals surface area contributed by atoms with Crippen LogP contribution in [0.2, 0.25) is 0 Å². The second-order valence-electron chi connectivity index (χ2n) is 12.2. The molecule has 48 heavy (non-hydrogen) atoms. The van der Waals surface area contributed by atoms with E-state index in [-0.39, 0.29) is 0 Å². The molecule has 0 saturated heterocycles. The van der Waals surface area contributed by atoms with Crippen molar-refractivity contribution in [3.63, 3.8) is 0 Å². The molecular formula is C46H31NO. The van der Waals surface area contributed by atoms with Gasteiger partial charge in [0.05, 0.1) is 0 Å². The Morgan fingerprint density at radius 1 is 0.312 bits per heavy atom. The topological polar surface area (TPSA) is 16.4 Å². The fourth-order valence-electron chi connectivity index (χ4n) is 6.88. The third kappa shape index (κ3) is 4.92. The fourth-order valence-corrected chi connectivity index (χ4v) is 6.88. The van der Waals surface area contributed by atoms with Gasteiger partial charge in [-0.05, 0) is 75.5 Å². The number of hydrogen-bond donors (Lipinski definition) is 0. The van der Waals surface area contributed by atoms with E-state index < -0.39 is 0 Å². The largest absolute Gasteiger partial charge is 0.455 e. The predicted octanol–water partition coefficient (Wildman–Crippen LogP) is 13.2. The molecule has 2 heteroatoms. The van der Waals surface area contributed by atoms with E-state index in [1.165, 1.54) is 21.9 Å². The first-order valence-corrected chi connectivity index (χ1v) is 16.3. The van der Waals surface area contributed by atoms with E-state index in [2.05, 4.69) is 187 Å². The molecule has 0 N–H and O–H groups in total. The Labute approximate surface area is 279 Å². The van der Waals surface area contributed by atoms with Gasteiger partial charge in [0.25, 0.3) is 0 Å². The quantitative estimate of drug-likeness (QED) is 0.185. The third-order valence-corrected chi connectivity index (χ3v) is 9.27. The maximum absolute atomic E-state index is 6.70. The highest BCUT2D eigenvalue weighted by molar-refractivity contribution is 6.13. The van der Waals surface area contributed by atoms with Crippen molar-refractivity contribution >= 4 is 49.8 Å². The minimum atomic E-state index is 0.910. The molecule has 0 amide bonds. The number of anilines is 3. The minimum Gasteiger partial charge on any atom is -0.455 e. The molecule has 226 valence electrons. The van der Waals surface area contributed by atoms with E-state index >= 15 is 0 Å². The lowest BCUT2D eigenvalue weighted by Crippen LogP contribution is -2.09. The van der Waals surface area contributed by atoms with Gasteiger partial charge in [-0.3, -0.25) is 0 Å². The van der Waals surface area contributed by atoms with Gasteiger partial charge in [-0.1, -0.05) is 146 Å². The zero-order chi connectivity index (χ0) is 31.9. The molecule has 0 aliphatic carbocycles. The van der Waals surface area contributed by atoms with Crippen molar-refractivity contribution in [2.75, 3.05) is 4.90 Å². The maximum Gasteiger partial charge on any atom is 0.143 e. The first-order chi connectivity index (χ1) is 23.8. The highest BCUT2D eigenvalue weighted by Gasteiger charge is 2.17. The van der Waals surface area contributed by atoms with Gasteiger partial charge in [0.2, 0.25) is 0 Å². The molecule has 0 unspecified atom stereocenters. The van der Waals surface area contributed by atoms with E-state index in [1.54, 1.807) is 0 Å². The summed E-state index contributed by atoms with van der Waals surface area (Å²) in [6, 6.07) is 66.7. The summed E-state index contributed by atoms with van der Waals surface area (Å²) in [5.74, 6) is 0. The lowest BCUT2D eigenvalue weighted by atomic mass is 9.99. The summed E-state index contributed by atoms with van der Waals surface area (Å²) >= 11 is 0. The minimum absolute atomic E-state index is 0.910. The second-order valence-corrected chi connectivity index (χ2v) is 12.2. The third-order valence-electron chi connectivity index (χ3n) is 9.27. The van der Waals surface area contributed by atoms with E-state index in [0.717, 1.165) is 61.3 Å². The fraction of sp³-hybridized carbons (Fsp3) is 0. The van der Waals surface area contributed by atoms with Crippen LogP contribution in [-0.4, -0.2) is 0 Å². The second kappa shape index (κ2) is 11.8. The van der Waals surface area contributed by atoms with Gasteiger partial charge in [-0.2, -0.15) is 0 Å². The molecule has 0 atom stereocenters. The van der Waals surface area contributed by atoms with Crippen LogP contribution in [0.4, 0.5) is 17.1 Å². The molecule has 0 saturated carbocycles. The smallest absolute Gasteiger partial charge is 0.143 e. The normalized spacial score (nSPS) is 11.3. The molecule has 9 rings (SSSR count). The van der Waals surface area contributed by atoms with Crippen LogP contribution < -0.4 is 4.90 Å². The molecule has 0 aliphatic heterocycles. The molecule has 0 bridgehead atoms. The number of benzene rings is 8. The number of rotatable bonds is 6. The number of furan rings is 1. The van der Waals surface area contributed by atoms with Gasteiger partial charge in [0.15, 0.2) is 0 Å². The molecule has 8 aromatic carbocycles. The van der Waals surface area contributed by atoms with Crippen LogP contribution in [0, 0.1) is 0 Å². The van der Waals surface area contributed by atoms with Crippen LogP contribution in [0.25, 0.3) is 66.1 Å². The molecular weight excluding hydrogens is 583 g/mol. The average molecular weight is 614 g/mol. The summed E-state index contributed by atoms with van der Waals surface area (Å²) in [6.45, 7) is 0.